The van der Waals surface area contributed by atoms with E-state index in [1.807, 2.05) is 20.8 Å². The summed E-state index contributed by atoms with van der Waals surface area (Å²) in [5, 5.41) is 20.4. The third-order valence-electron chi connectivity index (χ3n) is 5.32. The zero-order valence-electron chi connectivity index (χ0n) is 16.9. The van der Waals surface area contributed by atoms with Crippen molar-refractivity contribution in [3.05, 3.63) is 24.0 Å². The Bertz CT molecular complexity index is 635. The molecule has 0 unspecified atom stereocenters. The Balaban J connectivity index is 2.10. The van der Waals surface area contributed by atoms with Crippen molar-refractivity contribution in [2.75, 3.05) is 0 Å². The molecule has 152 valence electrons. The summed E-state index contributed by atoms with van der Waals surface area (Å²) >= 11 is 0. The van der Waals surface area contributed by atoms with Crippen molar-refractivity contribution in [2.24, 2.45) is 17.1 Å². The van der Waals surface area contributed by atoms with E-state index in [-0.39, 0.29) is 17.9 Å². The van der Waals surface area contributed by atoms with Gasteiger partial charge in [-0.05, 0) is 49.5 Å². The van der Waals surface area contributed by atoms with Crippen LogP contribution in [0.25, 0.3) is 0 Å². The number of carbonyl (C=O) groups is 1. The number of pyridine rings is 1. The van der Waals surface area contributed by atoms with Crippen LogP contribution in [-0.2, 0) is 11.2 Å². The molecule has 1 aliphatic rings. The highest BCUT2D eigenvalue weighted by Crippen LogP contribution is 2.30. The number of nitrogens with zero attached hydrogens (tertiary/aromatic N) is 1. The first-order valence-electron chi connectivity index (χ1n) is 9.82. The van der Waals surface area contributed by atoms with Crippen LogP contribution in [0.5, 0.6) is 5.75 Å². The van der Waals surface area contributed by atoms with E-state index in [1.54, 1.807) is 18.3 Å². The second-order valence-corrected chi connectivity index (χ2v) is 9.26. The number of aromatic nitrogens is 1. The standard InChI is InChI=1S/C21H34N2O4/c1-14-5-7-16(8-6-14)27-17-9-10-23-15(11-17)12-21(26,19(24)25)18(22)13-20(2,3)4/h9-11,14,16,18,26H,5-8,12-13,22H2,1-4H3,(H,24,25)/t14?,16?,18-,21+/m0/s1. The monoisotopic (exact) mass is 378 g/mol. The van der Waals surface area contributed by atoms with Crippen LogP contribution in [0.15, 0.2) is 18.3 Å². The molecule has 2 atom stereocenters. The molecular formula is C21H34N2O4. The van der Waals surface area contributed by atoms with Gasteiger partial charge >= 0.3 is 5.97 Å². The predicted octanol–water partition coefficient (Wildman–Crippen LogP) is 3.16. The summed E-state index contributed by atoms with van der Waals surface area (Å²) in [6.45, 7) is 8.15. The molecule has 4 N–H and O–H groups in total. The minimum Gasteiger partial charge on any atom is -0.490 e. The number of aliphatic carboxylic acids is 1. The quantitative estimate of drug-likeness (QED) is 0.673. The van der Waals surface area contributed by atoms with Crippen LogP contribution in [0.2, 0.25) is 0 Å². The molecule has 1 saturated carbocycles. The van der Waals surface area contributed by atoms with E-state index in [4.69, 9.17) is 10.5 Å². The van der Waals surface area contributed by atoms with E-state index in [0.717, 1.165) is 31.6 Å². The Morgan fingerprint density at radius 1 is 1.33 bits per heavy atom. The van der Waals surface area contributed by atoms with Crippen molar-refractivity contribution in [2.45, 2.75) is 84.0 Å². The van der Waals surface area contributed by atoms with Crippen LogP contribution < -0.4 is 10.5 Å². The van der Waals surface area contributed by atoms with Crippen LogP contribution in [-0.4, -0.2) is 38.9 Å². The summed E-state index contributed by atoms with van der Waals surface area (Å²) in [7, 11) is 0. The lowest BCUT2D eigenvalue weighted by atomic mass is 9.79. The Labute approximate surface area is 162 Å². The van der Waals surface area contributed by atoms with Crippen LogP contribution in [0.1, 0.15) is 65.5 Å². The van der Waals surface area contributed by atoms with Crippen molar-refractivity contribution in [1.29, 1.82) is 0 Å². The van der Waals surface area contributed by atoms with Gasteiger partial charge in [0.15, 0.2) is 5.60 Å². The van der Waals surface area contributed by atoms with Gasteiger partial charge in [-0.25, -0.2) is 4.79 Å². The largest absolute Gasteiger partial charge is 0.490 e. The van der Waals surface area contributed by atoms with Gasteiger partial charge in [0.25, 0.3) is 0 Å². The molecule has 27 heavy (non-hydrogen) atoms. The average Bonchev–Trinajstić information content (AvgIpc) is 2.55. The average molecular weight is 379 g/mol. The number of carboxylic acids is 1. The fourth-order valence-corrected chi connectivity index (χ4v) is 3.64. The second-order valence-electron chi connectivity index (χ2n) is 9.26. The van der Waals surface area contributed by atoms with Crippen molar-refractivity contribution >= 4 is 5.97 Å². The molecule has 1 fully saturated rings. The summed E-state index contributed by atoms with van der Waals surface area (Å²) in [6, 6.07) is 2.59. The lowest BCUT2D eigenvalue weighted by molar-refractivity contribution is -0.161. The van der Waals surface area contributed by atoms with E-state index < -0.39 is 17.6 Å². The topological polar surface area (TPSA) is 106 Å². The molecule has 0 aromatic carbocycles. The SMILES string of the molecule is CC1CCC(Oc2ccnc(C[C@](O)(C(=O)O)[C@@H](N)CC(C)(C)C)c2)CC1. The number of carboxylic acid groups (broad SMARTS) is 1. The van der Waals surface area contributed by atoms with E-state index in [9.17, 15) is 15.0 Å². The van der Waals surface area contributed by atoms with Crippen molar-refractivity contribution < 1.29 is 19.7 Å². The van der Waals surface area contributed by atoms with Crippen molar-refractivity contribution in [3.63, 3.8) is 0 Å². The minimum absolute atomic E-state index is 0.154. The van der Waals surface area contributed by atoms with Gasteiger partial charge in [0, 0.05) is 30.4 Å². The number of hydrogen-bond acceptors (Lipinski definition) is 5. The molecule has 6 nitrogen and oxygen atoms in total. The first-order valence-corrected chi connectivity index (χ1v) is 9.82. The lowest BCUT2D eigenvalue weighted by Gasteiger charge is -2.33. The van der Waals surface area contributed by atoms with Gasteiger partial charge in [0.05, 0.1) is 6.10 Å². The highest BCUT2D eigenvalue weighted by atomic mass is 16.5. The van der Waals surface area contributed by atoms with E-state index in [1.165, 1.54) is 0 Å². The van der Waals surface area contributed by atoms with Crippen LogP contribution in [0, 0.1) is 11.3 Å². The first-order chi connectivity index (χ1) is 12.5. The normalized spacial score (nSPS) is 24.1. The predicted molar refractivity (Wildman–Crippen MR) is 105 cm³/mol. The number of aliphatic hydroxyl groups is 1. The molecule has 1 aromatic rings. The van der Waals surface area contributed by atoms with Crippen LogP contribution >= 0.6 is 0 Å². The molecule has 2 rings (SSSR count). The van der Waals surface area contributed by atoms with E-state index in [2.05, 4.69) is 11.9 Å². The molecular weight excluding hydrogens is 344 g/mol. The maximum absolute atomic E-state index is 11.8. The number of nitrogens with two attached hydrogens (primary N) is 1. The highest BCUT2D eigenvalue weighted by Gasteiger charge is 2.44. The third-order valence-corrected chi connectivity index (χ3v) is 5.32. The Morgan fingerprint density at radius 3 is 2.52 bits per heavy atom. The smallest absolute Gasteiger partial charge is 0.337 e. The molecule has 0 spiro atoms. The Hall–Kier alpha value is -1.66. The molecule has 0 bridgehead atoms. The maximum atomic E-state index is 11.8. The third kappa shape index (κ3) is 6.18. The summed E-state index contributed by atoms with van der Waals surface area (Å²) in [5.41, 5.74) is 4.30. The van der Waals surface area contributed by atoms with Gasteiger partial charge < -0.3 is 20.7 Å². The molecule has 0 amide bonds. The molecule has 1 aromatic heterocycles. The summed E-state index contributed by atoms with van der Waals surface area (Å²) in [6.07, 6.45) is 6.35. The zero-order valence-corrected chi connectivity index (χ0v) is 16.9. The van der Waals surface area contributed by atoms with Gasteiger partial charge in [0.2, 0.25) is 0 Å². The fourth-order valence-electron chi connectivity index (χ4n) is 3.64. The van der Waals surface area contributed by atoms with Crippen molar-refractivity contribution in [3.8, 4) is 5.75 Å². The van der Waals surface area contributed by atoms with Gasteiger partial charge in [-0.1, -0.05) is 27.7 Å². The molecule has 0 aliphatic heterocycles. The fraction of sp³-hybridized carbons (Fsp3) is 0.714. The second kappa shape index (κ2) is 8.57. The lowest BCUT2D eigenvalue weighted by Crippen LogP contribution is -2.56. The summed E-state index contributed by atoms with van der Waals surface area (Å²) in [5.74, 6) is 0.0815. The van der Waals surface area contributed by atoms with Crippen LogP contribution in [0.4, 0.5) is 0 Å². The Kier molecular flexibility index (Phi) is 6.87. The van der Waals surface area contributed by atoms with Gasteiger partial charge in [-0.15, -0.1) is 0 Å². The molecule has 0 saturated heterocycles. The number of hydrogen-bond donors (Lipinski definition) is 3. The zero-order chi connectivity index (χ0) is 20.2. The minimum atomic E-state index is -2.07. The number of rotatable bonds is 7. The van der Waals surface area contributed by atoms with Gasteiger partial charge in [0.1, 0.15) is 5.75 Å². The first kappa shape index (κ1) is 21.6. The van der Waals surface area contributed by atoms with Gasteiger partial charge in [-0.2, -0.15) is 0 Å². The van der Waals surface area contributed by atoms with E-state index >= 15 is 0 Å². The van der Waals surface area contributed by atoms with E-state index in [0.29, 0.717) is 17.9 Å². The molecule has 0 radical (unpaired) electrons. The molecule has 6 heteroatoms. The van der Waals surface area contributed by atoms with Gasteiger partial charge in [-0.3, -0.25) is 4.98 Å². The highest BCUT2D eigenvalue weighted by molar-refractivity contribution is 5.78. The van der Waals surface area contributed by atoms with Crippen LogP contribution in [0.3, 0.4) is 0 Å². The molecule has 1 heterocycles. The van der Waals surface area contributed by atoms with Crippen molar-refractivity contribution in [1.82, 2.24) is 4.98 Å². The maximum Gasteiger partial charge on any atom is 0.337 e. The molecule has 1 aliphatic carbocycles. The summed E-state index contributed by atoms with van der Waals surface area (Å²) < 4.78 is 6.06. The number of ether oxygens (including phenoxy) is 1. The Morgan fingerprint density at radius 2 is 1.96 bits per heavy atom. The summed E-state index contributed by atoms with van der Waals surface area (Å²) in [4.78, 5) is 16.0.